The van der Waals surface area contributed by atoms with Gasteiger partial charge in [-0.25, -0.2) is 13.4 Å². The summed E-state index contributed by atoms with van der Waals surface area (Å²) in [6.45, 7) is 0.853. The Hall–Kier alpha value is -0.990. The zero-order chi connectivity index (χ0) is 13.3. The van der Waals surface area contributed by atoms with E-state index in [1.807, 2.05) is 0 Å². The summed E-state index contributed by atoms with van der Waals surface area (Å²) in [6, 6.07) is 0. The van der Waals surface area contributed by atoms with Crippen LogP contribution in [0.4, 0.5) is 0 Å². The minimum absolute atomic E-state index is 0.0350. The molecule has 0 aliphatic carbocycles. The Morgan fingerprint density at radius 3 is 2.89 bits per heavy atom. The molecular formula is C10H16N4O2S2. The van der Waals surface area contributed by atoms with Crippen LogP contribution in [0.15, 0.2) is 17.6 Å². The Morgan fingerprint density at radius 2 is 2.33 bits per heavy atom. The summed E-state index contributed by atoms with van der Waals surface area (Å²) in [7, 11) is -1.79. The molecule has 1 aliphatic rings. The number of hydrogen-bond donors (Lipinski definition) is 1. The molecule has 1 saturated heterocycles. The fourth-order valence-electron chi connectivity index (χ4n) is 2.05. The second-order valence-electron chi connectivity index (χ2n) is 4.48. The number of piperidine rings is 1. The third-order valence-corrected chi connectivity index (χ3v) is 5.16. The first-order valence-corrected chi connectivity index (χ1v) is 7.53. The minimum atomic E-state index is -3.52. The summed E-state index contributed by atoms with van der Waals surface area (Å²) >= 11 is 4.95. The second-order valence-corrected chi connectivity index (χ2v) is 6.84. The first kappa shape index (κ1) is 13.4. The van der Waals surface area contributed by atoms with E-state index in [2.05, 4.69) is 4.98 Å². The van der Waals surface area contributed by atoms with Crippen LogP contribution in [0, 0.1) is 5.92 Å². The highest BCUT2D eigenvalue weighted by atomic mass is 32.2. The number of nitrogens with two attached hydrogens (primary N) is 1. The molecule has 18 heavy (non-hydrogen) atoms. The predicted octanol–water partition coefficient (Wildman–Crippen LogP) is 0.107. The van der Waals surface area contributed by atoms with Gasteiger partial charge in [0.25, 0.3) is 10.0 Å². The first-order valence-electron chi connectivity index (χ1n) is 5.68. The highest BCUT2D eigenvalue weighted by Gasteiger charge is 2.32. The highest BCUT2D eigenvalue weighted by molar-refractivity contribution is 7.89. The van der Waals surface area contributed by atoms with E-state index in [1.54, 1.807) is 11.6 Å². The van der Waals surface area contributed by atoms with Gasteiger partial charge in [-0.3, -0.25) is 0 Å². The quantitative estimate of drug-likeness (QED) is 0.798. The predicted molar refractivity (Wildman–Crippen MR) is 71.5 cm³/mol. The average molecular weight is 288 g/mol. The van der Waals surface area contributed by atoms with Crippen molar-refractivity contribution in [2.24, 2.45) is 18.7 Å². The van der Waals surface area contributed by atoms with Gasteiger partial charge in [0.05, 0.1) is 11.3 Å². The summed E-state index contributed by atoms with van der Waals surface area (Å²) in [5.41, 5.74) is 5.61. The van der Waals surface area contributed by atoms with Gasteiger partial charge in [-0.05, 0) is 12.8 Å². The van der Waals surface area contributed by atoms with Crippen LogP contribution in [0.25, 0.3) is 0 Å². The van der Waals surface area contributed by atoms with Gasteiger partial charge < -0.3 is 10.3 Å². The van der Waals surface area contributed by atoms with Crippen LogP contribution in [0.3, 0.4) is 0 Å². The normalized spacial score (nSPS) is 21.9. The molecule has 0 bridgehead atoms. The number of hydrogen-bond acceptors (Lipinski definition) is 4. The van der Waals surface area contributed by atoms with Crippen LogP contribution in [-0.4, -0.2) is 40.4 Å². The van der Waals surface area contributed by atoms with Gasteiger partial charge in [0.15, 0.2) is 5.03 Å². The smallest absolute Gasteiger partial charge is 0.262 e. The molecule has 0 saturated carbocycles. The third kappa shape index (κ3) is 2.55. The van der Waals surface area contributed by atoms with Crippen molar-refractivity contribution in [3.63, 3.8) is 0 Å². The van der Waals surface area contributed by atoms with Crippen molar-refractivity contribution >= 4 is 27.2 Å². The maximum absolute atomic E-state index is 12.3. The van der Waals surface area contributed by atoms with Crippen molar-refractivity contribution in [1.29, 1.82) is 0 Å². The molecule has 1 aromatic heterocycles. The summed E-state index contributed by atoms with van der Waals surface area (Å²) in [6.07, 6.45) is 4.60. The van der Waals surface area contributed by atoms with Gasteiger partial charge in [-0.2, -0.15) is 4.31 Å². The largest absolute Gasteiger partial charge is 0.393 e. The molecule has 1 fully saturated rings. The van der Waals surface area contributed by atoms with E-state index in [9.17, 15) is 8.42 Å². The van der Waals surface area contributed by atoms with E-state index in [0.717, 1.165) is 12.8 Å². The number of aromatic nitrogens is 2. The molecule has 0 radical (unpaired) electrons. The van der Waals surface area contributed by atoms with Crippen molar-refractivity contribution in [2.45, 2.75) is 17.9 Å². The molecule has 1 atom stereocenters. The van der Waals surface area contributed by atoms with E-state index < -0.39 is 10.0 Å². The van der Waals surface area contributed by atoms with Crippen molar-refractivity contribution < 1.29 is 8.42 Å². The fraction of sp³-hybridized carbons (Fsp3) is 0.600. The lowest BCUT2D eigenvalue weighted by molar-refractivity contribution is 0.312. The second kappa shape index (κ2) is 4.94. The highest BCUT2D eigenvalue weighted by Crippen LogP contribution is 2.22. The molecule has 1 aromatic rings. The molecule has 0 spiro atoms. The molecule has 0 amide bonds. The van der Waals surface area contributed by atoms with E-state index in [-0.39, 0.29) is 10.9 Å². The lowest BCUT2D eigenvalue weighted by atomic mass is 10.0. The fourth-order valence-corrected chi connectivity index (χ4v) is 3.73. The maximum Gasteiger partial charge on any atom is 0.262 e. The van der Waals surface area contributed by atoms with Crippen LogP contribution in [0.1, 0.15) is 12.8 Å². The Balaban J connectivity index is 2.22. The standard InChI is InChI=1S/C10H16N4O2S2/c1-13-6-9(12-7-13)18(15,16)14-4-2-3-8(5-14)10(11)17/h6-8H,2-5H2,1H3,(H2,11,17). The van der Waals surface area contributed by atoms with Crippen molar-refractivity contribution in [3.8, 4) is 0 Å². The molecule has 2 N–H and O–H groups in total. The molecule has 1 unspecified atom stereocenters. The molecule has 2 rings (SSSR count). The number of imidazole rings is 1. The van der Waals surface area contributed by atoms with Gasteiger partial charge in [0.1, 0.15) is 0 Å². The van der Waals surface area contributed by atoms with Gasteiger partial charge in [-0.1, -0.05) is 12.2 Å². The first-order chi connectivity index (χ1) is 8.41. The lowest BCUT2D eigenvalue weighted by Crippen LogP contribution is -2.43. The molecular weight excluding hydrogens is 272 g/mol. The van der Waals surface area contributed by atoms with Crippen molar-refractivity contribution in [2.75, 3.05) is 13.1 Å². The van der Waals surface area contributed by atoms with E-state index in [0.29, 0.717) is 18.1 Å². The van der Waals surface area contributed by atoms with Crippen LogP contribution < -0.4 is 5.73 Å². The SMILES string of the molecule is Cn1cnc(S(=O)(=O)N2CCCC(C(N)=S)C2)c1. The zero-order valence-corrected chi connectivity index (χ0v) is 11.7. The summed E-state index contributed by atoms with van der Waals surface area (Å²) in [5.74, 6) is -0.0350. The van der Waals surface area contributed by atoms with Crippen molar-refractivity contribution in [1.82, 2.24) is 13.9 Å². The van der Waals surface area contributed by atoms with E-state index >= 15 is 0 Å². The van der Waals surface area contributed by atoms with Crippen LogP contribution >= 0.6 is 12.2 Å². The van der Waals surface area contributed by atoms with Crippen LogP contribution in [0.2, 0.25) is 0 Å². The monoisotopic (exact) mass is 288 g/mol. The molecule has 1 aliphatic heterocycles. The molecule has 8 heteroatoms. The Labute approximate surface area is 112 Å². The topological polar surface area (TPSA) is 81.2 Å². The Morgan fingerprint density at radius 1 is 1.61 bits per heavy atom. The summed E-state index contributed by atoms with van der Waals surface area (Å²) in [5, 5.41) is 0.0774. The van der Waals surface area contributed by atoms with Crippen LogP contribution in [-0.2, 0) is 17.1 Å². The molecule has 2 heterocycles. The lowest BCUT2D eigenvalue weighted by Gasteiger charge is -2.30. The van der Waals surface area contributed by atoms with Gasteiger partial charge in [-0.15, -0.1) is 0 Å². The minimum Gasteiger partial charge on any atom is -0.393 e. The molecule has 100 valence electrons. The van der Waals surface area contributed by atoms with Gasteiger partial charge in [0.2, 0.25) is 0 Å². The number of rotatable bonds is 3. The molecule has 0 aromatic carbocycles. The van der Waals surface area contributed by atoms with Gasteiger partial charge >= 0.3 is 0 Å². The van der Waals surface area contributed by atoms with Crippen LogP contribution in [0.5, 0.6) is 0 Å². The molecule has 6 nitrogen and oxygen atoms in total. The van der Waals surface area contributed by atoms with E-state index in [1.165, 1.54) is 16.8 Å². The summed E-state index contributed by atoms with van der Waals surface area (Å²) < 4.78 is 27.7. The number of thiocarbonyl (C=S) groups is 1. The number of aryl methyl sites for hydroxylation is 1. The third-order valence-electron chi connectivity index (χ3n) is 3.07. The maximum atomic E-state index is 12.3. The average Bonchev–Trinajstić information content (AvgIpc) is 2.77. The Kier molecular flexibility index (Phi) is 3.69. The van der Waals surface area contributed by atoms with Crippen molar-refractivity contribution in [3.05, 3.63) is 12.5 Å². The van der Waals surface area contributed by atoms with Gasteiger partial charge in [0, 0.05) is 32.3 Å². The summed E-state index contributed by atoms with van der Waals surface area (Å²) in [4.78, 5) is 4.29. The number of sulfonamides is 1. The Bertz CT molecular complexity index is 552. The zero-order valence-electron chi connectivity index (χ0n) is 10.1. The van der Waals surface area contributed by atoms with E-state index in [4.69, 9.17) is 18.0 Å². The number of nitrogens with zero attached hydrogens (tertiary/aromatic N) is 3.